The summed E-state index contributed by atoms with van der Waals surface area (Å²) in [4.78, 5) is 0. The predicted octanol–water partition coefficient (Wildman–Crippen LogP) is 4.47. The van der Waals surface area contributed by atoms with Gasteiger partial charge < -0.3 is 4.42 Å². The van der Waals surface area contributed by atoms with Gasteiger partial charge in [0.25, 0.3) is 0 Å². The zero-order valence-corrected chi connectivity index (χ0v) is 14.8. The van der Waals surface area contributed by atoms with Crippen molar-refractivity contribution in [2.75, 3.05) is 0 Å². The van der Waals surface area contributed by atoms with Crippen LogP contribution >= 0.6 is 0 Å². The van der Waals surface area contributed by atoms with Gasteiger partial charge in [0.2, 0.25) is 11.8 Å². The van der Waals surface area contributed by atoms with Crippen molar-refractivity contribution < 1.29 is 8.81 Å². The average molecular weight is 363 g/mol. The fourth-order valence-corrected chi connectivity index (χ4v) is 2.73. The van der Waals surface area contributed by atoms with Crippen molar-refractivity contribution in [2.24, 2.45) is 0 Å². The lowest BCUT2D eigenvalue weighted by Crippen LogP contribution is -1.94. The molecule has 0 bridgehead atoms. The van der Waals surface area contributed by atoms with Gasteiger partial charge in [-0.05, 0) is 55.3 Å². The average Bonchev–Trinajstić information content (AvgIpc) is 3.36. The molecule has 4 aromatic rings. The monoisotopic (exact) mass is 363 g/mol. The van der Waals surface area contributed by atoms with Crippen LogP contribution in [0.1, 0.15) is 25.5 Å². The molecule has 0 saturated heterocycles. The van der Waals surface area contributed by atoms with Gasteiger partial charge in [0, 0.05) is 11.1 Å². The van der Waals surface area contributed by atoms with E-state index in [1.165, 1.54) is 12.1 Å². The molecule has 0 spiro atoms. The zero-order chi connectivity index (χ0) is 18.6. The molecule has 2 aromatic heterocycles. The third kappa shape index (κ3) is 3.76. The molecule has 0 aliphatic rings. The molecule has 0 atom stereocenters. The van der Waals surface area contributed by atoms with E-state index in [1.54, 1.807) is 16.8 Å². The van der Waals surface area contributed by atoms with Gasteiger partial charge in [-0.1, -0.05) is 24.6 Å². The molecule has 6 nitrogen and oxygen atoms in total. The fraction of sp³-hybridized carbons (Fsp3) is 0.200. The Hall–Kier alpha value is -3.35. The maximum atomic E-state index is 13.4. The van der Waals surface area contributed by atoms with E-state index in [0.29, 0.717) is 11.5 Å². The molecule has 0 fully saturated rings. The lowest BCUT2D eigenvalue weighted by molar-refractivity contribution is 0.582. The zero-order valence-electron chi connectivity index (χ0n) is 14.8. The van der Waals surface area contributed by atoms with Gasteiger partial charge in [0.1, 0.15) is 5.82 Å². The van der Waals surface area contributed by atoms with Crippen LogP contribution in [-0.4, -0.2) is 25.2 Å². The number of nitrogens with zero attached hydrogens (tertiary/aromatic N) is 5. The highest BCUT2D eigenvalue weighted by atomic mass is 19.1. The van der Waals surface area contributed by atoms with E-state index >= 15 is 0 Å². The first-order valence-electron chi connectivity index (χ1n) is 8.84. The normalized spacial score (nSPS) is 11.0. The van der Waals surface area contributed by atoms with Crippen LogP contribution in [0.4, 0.5) is 4.39 Å². The Labute approximate surface area is 155 Å². The van der Waals surface area contributed by atoms with Crippen molar-refractivity contribution >= 4 is 0 Å². The highest BCUT2D eigenvalue weighted by Gasteiger charge is 2.11. The Morgan fingerprint density at radius 3 is 2.48 bits per heavy atom. The summed E-state index contributed by atoms with van der Waals surface area (Å²) >= 11 is 0. The van der Waals surface area contributed by atoms with Crippen molar-refractivity contribution in [3.63, 3.8) is 0 Å². The molecule has 0 aliphatic heterocycles. The van der Waals surface area contributed by atoms with Crippen molar-refractivity contribution in [1.29, 1.82) is 0 Å². The van der Waals surface area contributed by atoms with E-state index in [9.17, 15) is 4.39 Å². The number of aromatic nitrogens is 5. The second-order valence-corrected chi connectivity index (χ2v) is 6.23. The van der Waals surface area contributed by atoms with Crippen LogP contribution in [0, 0.1) is 5.82 Å². The first-order valence-corrected chi connectivity index (χ1v) is 8.84. The molecular formula is C20H18FN5O. The Balaban J connectivity index is 1.53. The molecule has 0 N–H and O–H groups in total. The summed E-state index contributed by atoms with van der Waals surface area (Å²) in [6.07, 6.45) is 5.10. The largest absolute Gasteiger partial charge is 0.416 e. The fourth-order valence-electron chi connectivity index (χ4n) is 2.73. The Morgan fingerprint density at radius 1 is 0.963 bits per heavy atom. The maximum Gasteiger partial charge on any atom is 0.248 e. The summed E-state index contributed by atoms with van der Waals surface area (Å²) in [6, 6.07) is 13.7. The van der Waals surface area contributed by atoms with Crippen LogP contribution < -0.4 is 0 Å². The summed E-state index contributed by atoms with van der Waals surface area (Å²) in [5, 5.41) is 16.4. The van der Waals surface area contributed by atoms with E-state index in [2.05, 4.69) is 27.4 Å². The summed E-state index contributed by atoms with van der Waals surface area (Å²) in [6.45, 7) is 2.15. The van der Waals surface area contributed by atoms with Crippen molar-refractivity contribution in [3.8, 4) is 28.6 Å². The van der Waals surface area contributed by atoms with E-state index in [1.807, 2.05) is 30.5 Å². The summed E-state index contributed by atoms with van der Waals surface area (Å²) in [5.74, 6) is 0.316. The highest BCUT2D eigenvalue weighted by Crippen LogP contribution is 2.25. The first kappa shape index (κ1) is 17.1. The minimum Gasteiger partial charge on any atom is -0.416 e. The third-order valence-corrected chi connectivity index (χ3v) is 4.20. The van der Waals surface area contributed by atoms with Crippen LogP contribution in [0.25, 0.3) is 28.6 Å². The van der Waals surface area contributed by atoms with Gasteiger partial charge in [0.15, 0.2) is 0 Å². The Bertz CT molecular complexity index is 1040. The van der Waals surface area contributed by atoms with Crippen molar-refractivity contribution in [1.82, 2.24) is 25.2 Å². The first-order chi connectivity index (χ1) is 13.2. The molecule has 2 heterocycles. The van der Waals surface area contributed by atoms with Crippen LogP contribution in [-0.2, 0) is 6.42 Å². The number of hydrogen-bond donors (Lipinski definition) is 0. The van der Waals surface area contributed by atoms with Crippen LogP contribution in [0.3, 0.4) is 0 Å². The quantitative estimate of drug-likeness (QED) is 0.506. The molecule has 2 aromatic carbocycles. The van der Waals surface area contributed by atoms with Gasteiger partial charge in [-0.15, -0.1) is 15.3 Å². The van der Waals surface area contributed by atoms with Crippen LogP contribution in [0.15, 0.2) is 59.1 Å². The molecule has 0 unspecified atom stereocenters. The van der Waals surface area contributed by atoms with Gasteiger partial charge >= 0.3 is 0 Å². The molecule has 4 rings (SSSR count). The topological polar surface area (TPSA) is 69.6 Å². The lowest BCUT2D eigenvalue weighted by Gasteiger charge is -2.01. The third-order valence-electron chi connectivity index (χ3n) is 4.20. The smallest absolute Gasteiger partial charge is 0.248 e. The number of rotatable bonds is 6. The van der Waals surface area contributed by atoms with Gasteiger partial charge in [-0.25, -0.2) is 9.07 Å². The van der Waals surface area contributed by atoms with E-state index in [4.69, 9.17) is 4.42 Å². The number of halogens is 1. The van der Waals surface area contributed by atoms with Crippen molar-refractivity contribution in [3.05, 3.63) is 66.2 Å². The van der Waals surface area contributed by atoms with E-state index in [-0.39, 0.29) is 11.7 Å². The molecule has 136 valence electrons. The number of hydrogen-bond acceptors (Lipinski definition) is 5. The molecule has 0 amide bonds. The standard InChI is InChI=1S/C20H18FN5O/c1-2-3-7-17-13-26(25-22-17)18-10-8-14(9-11-18)19-23-24-20(27-19)15-5-4-6-16(21)12-15/h4-6,8-13H,2-3,7H2,1H3. The van der Waals surface area contributed by atoms with Crippen LogP contribution in [0.2, 0.25) is 0 Å². The molecular weight excluding hydrogens is 345 g/mol. The van der Waals surface area contributed by atoms with Gasteiger partial charge in [0.05, 0.1) is 17.6 Å². The van der Waals surface area contributed by atoms with E-state index < -0.39 is 0 Å². The number of benzene rings is 2. The minimum absolute atomic E-state index is 0.283. The summed E-state index contributed by atoms with van der Waals surface area (Å²) in [7, 11) is 0. The number of aryl methyl sites for hydroxylation is 1. The second-order valence-electron chi connectivity index (χ2n) is 6.23. The molecule has 7 heteroatoms. The highest BCUT2D eigenvalue weighted by molar-refractivity contribution is 5.59. The summed E-state index contributed by atoms with van der Waals surface area (Å²) < 4.78 is 20.8. The number of unbranched alkanes of at least 4 members (excludes halogenated alkanes) is 1. The predicted molar refractivity (Wildman–Crippen MR) is 98.7 cm³/mol. The maximum absolute atomic E-state index is 13.4. The van der Waals surface area contributed by atoms with Gasteiger partial charge in [-0.3, -0.25) is 0 Å². The molecule has 27 heavy (non-hydrogen) atoms. The Morgan fingerprint density at radius 2 is 1.74 bits per heavy atom. The molecule has 0 saturated carbocycles. The summed E-state index contributed by atoms with van der Waals surface area (Å²) in [5.41, 5.74) is 3.21. The van der Waals surface area contributed by atoms with Gasteiger partial charge in [-0.2, -0.15) is 0 Å². The molecule has 0 radical (unpaired) electrons. The molecule has 0 aliphatic carbocycles. The Kier molecular flexibility index (Phi) is 4.74. The van der Waals surface area contributed by atoms with Crippen LogP contribution in [0.5, 0.6) is 0 Å². The lowest BCUT2D eigenvalue weighted by atomic mass is 10.2. The van der Waals surface area contributed by atoms with Crippen molar-refractivity contribution in [2.45, 2.75) is 26.2 Å². The minimum atomic E-state index is -0.345. The van der Waals surface area contributed by atoms with E-state index in [0.717, 1.165) is 36.2 Å². The second kappa shape index (κ2) is 7.49. The SMILES string of the molecule is CCCCc1cn(-c2ccc(-c3nnc(-c4cccc(F)c4)o3)cc2)nn1.